The second-order valence-electron chi connectivity index (χ2n) is 12.0. The molecule has 40 heavy (non-hydrogen) atoms. The standard InChI is InChI=1S/C30H43N3O6.CH4/c1-15(2)38-22-12-21(36-7)16-9-10-33-19(25(32(5)6)24(16)26(22)34)11-17-23(20(33)14-31)27(35)29-18(28(17)37-8)13-30(3,4)39-29;/h12,15,19-20,25,34-35H,9-11,13-14,31H2,1-8H3;1H4. The van der Waals surface area contributed by atoms with Crippen LogP contribution in [0.3, 0.4) is 0 Å². The van der Waals surface area contributed by atoms with Gasteiger partial charge in [0, 0.05) is 59.4 Å². The fourth-order valence-corrected chi connectivity index (χ4v) is 7.04. The Kier molecular flexibility index (Phi) is 8.15. The van der Waals surface area contributed by atoms with Crippen molar-refractivity contribution in [1.29, 1.82) is 0 Å². The Balaban J connectivity index is 0.00000370. The number of rotatable bonds is 6. The number of aromatic hydroxyl groups is 2. The van der Waals surface area contributed by atoms with Gasteiger partial charge in [-0.25, -0.2) is 0 Å². The molecule has 9 heteroatoms. The lowest BCUT2D eigenvalue weighted by molar-refractivity contribution is 0.0619. The third-order valence-corrected chi connectivity index (χ3v) is 8.39. The number of benzene rings is 2. The van der Waals surface area contributed by atoms with Crippen LogP contribution in [0.1, 0.15) is 75.0 Å². The highest BCUT2D eigenvalue weighted by Crippen LogP contribution is 2.57. The first-order chi connectivity index (χ1) is 18.4. The molecule has 2 aromatic rings. The topological polar surface area (TPSA) is 110 Å². The van der Waals surface area contributed by atoms with E-state index < -0.39 is 5.60 Å². The van der Waals surface area contributed by atoms with Crippen molar-refractivity contribution < 1.29 is 29.2 Å². The van der Waals surface area contributed by atoms with Gasteiger partial charge in [-0.05, 0) is 54.6 Å². The minimum atomic E-state index is -0.444. The molecule has 0 saturated carbocycles. The van der Waals surface area contributed by atoms with E-state index in [-0.39, 0.29) is 43.2 Å². The lowest BCUT2D eigenvalue weighted by Gasteiger charge is -2.47. The van der Waals surface area contributed by atoms with Crippen LogP contribution >= 0.6 is 0 Å². The highest BCUT2D eigenvalue weighted by molar-refractivity contribution is 5.67. The van der Waals surface area contributed by atoms with Crippen LogP contribution in [0.25, 0.3) is 0 Å². The van der Waals surface area contributed by atoms with Crippen LogP contribution in [0.2, 0.25) is 0 Å². The Labute approximate surface area is 238 Å². The molecule has 0 saturated heterocycles. The molecule has 0 bridgehead atoms. The second-order valence-corrected chi connectivity index (χ2v) is 12.0. The number of fused-ring (bicyclic) bond motifs is 4. The van der Waals surface area contributed by atoms with Gasteiger partial charge < -0.3 is 39.8 Å². The SMILES string of the molecule is C.COc1cc(OC(C)C)c(O)c2c1CCN1C(CN)c3c(O)c4c(c(OC)c3CC1C2N(C)C)CC(C)(C)O4. The second kappa shape index (κ2) is 10.8. The van der Waals surface area contributed by atoms with Gasteiger partial charge in [0.25, 0.3) is 0 Å². The third kappa shape index (κ3) is 4.62. The molecule has 5 rings (SSSR count). The average molecular weight is 558 g/mol. The first-order valence-electron chi connectivity index (χ1n) is 13.8. The minimum Gasteiger partial charge on any atom is -0.504 e. The van der Waals surface area contributed by atoms with Crippen molar-refractivity contribution in [2.24, 2.45) is 5.73 Å². The molecule has 9 nitrogen and oxygen atoms in total. The van der Waals surface area contributed by atoms with E-state index in [1.807, 2.05) is 41.8 Å². The summed E-state index contributed by atoms with van der Waals surface area (Å²) in [5, 5.41) is 23.3. The zero-order valence-electron chi connectivity index (χ0n) is 24.4. The van der Waals surface area contributed by atoms with Gasteiger partial charge in [0.05, 0.1) is 32.4 Å². The molecule has 3 heterocycles. The van der Waals surface area contributed by atoms with E-state index in [0.29, 0.717) is 49.6 Å². The summed E-state index contributed by atoms with van der Waals surface area (Å²) in [7, 11) is 7.39. The first-order valence-corrected chi connectivity index (χ1v) is 13.8. The molecule has 3 aliphatic rings. The number of methoxy groups -OCH3 is 2. The van der Waals surface area contributed by atoms with Crippen LogP contribution in [-0.4, -0.2) is 79.2 Å². The normalized spacial score (nSPS) is 22.8. The maximum atomic E-state index is 11.7. The summed E-state index contributed by atoms with van der Waals surface area (Å²) < 4.78 is 24.1. The van der Waals surface area contributed by atoms with Crippen molar-refractivity contribution in [3.8, 4) is 34.5 Å². The summed E-state index contributed by atoms with van der Waals surface area (Å²) in [6.45, 7) is 8.90. The van der Waals surface area contributed by atoms with Crippen molar-refractivity contribution >= 4 is 0 Å². The van der Waals surface area contributed by atoms with Crippen LogP contribution in [0, 0.1) is 0 Å². The molecule has 0 aromatic heterocycles. The summed E-state index contributed by atoms with van der Waals surface area (Å²) in [4.78, 5) is 4.52. The van der Waals surface area contributed by atoms with E-state index in [1.54, 1.807) is 20.3 Å². The Bertz CT molecular complexity index is 1270. The minimum absolute atomic E-state index is 0. The predicted octanol–water partition coefficient (Wildman–Crippen LogP) is 4.34. The van der Waals surface area contributed by atoms with Crippen LogP contribution < -0.4 is 24.7 Å². The van der Waals surface area contributed by atoms with Crippen molar-refractivity contribution in [1.82, 2.24) is 9.80 Å². The lowest BCUT2D eigenvalue weighted by atomic mass is 9.80. The summed E-state index contributed by atoms with van der Waals surface area (Å²) in [5.41, 5.74) is 10.5. The van der Waals surface area contributed by atoms with Gasteiger partial charge in [0.15, 0.2) is 23.0 Å². The summed E-state index contributed by atoms with van der Waals surface area (Å²) in [6.07, 6.45) is 1.78. The number of hydrogen-bond acceptors (Lipinski definition) is 9. The maximum Gasteiger partial charge on any atom is 0.169 e. The Morgan fingerprint density at radius 1 is 1.07 bits per heavy atom. The third-order valence-electron chi connectivity index (χ3n) is 8.39. The number of phenolic OH excluding ortho intramolecular Hbond substituents is 2. The quantitative estimate of drug-likeness (QED) is 0.478. The number of ether oxygens (including phenoxy) is 4. The largest absolute Gasteiger partial charge is 0.504 e. The summed E-state index contributed by atoms with van der Waals surface area (Å²) in [6, 6.07) is 1.26. The molecule has 3 atom stereocenters. The Hall–Kier alpha value is -2.88. The van der Waals surface area contributed by atoms with Gasteiger partial charge >= 0.3 is 0 Å². The number of likely N-dealkylation sites (N-methyl/N-ethyl adjacent to an activating group) is 1. The molecule has 0 amide bonds. The molecule has 3 unspecified atom stereocenters. The van der Waals surface area contributed by atoms with E-state index in [2.05, 4.69) is 9.80 Å². The monoisotopic (exact) mass is 557 g/mol. The zero-order valence-corrected chi connectivity index (χ0v) is 24.4. The van der Waals surface area contributed by atoms with Crippen molar-refractivity contribution in [3.63, 3.8) is 0 Å². The van der Waals surface area contributed by atoms with Crippen molar-refractivity contribution in [3.05, 3.63) is 33.9 Å². The molecular weight excluding hydrogens is 510 g/mol. The molecule has 0 spiro atoms. The summed E-state index contributed by atoms with van der Waals surface area (Å²) >= 11 is 0. The Morgan fingerprint density at radius 2 is 1.77 bits per heavy atom. The van der Waals surface area contributed by atoms with Crippen LogP contribution in [0.15, 0.2) is 6.07 Å². The van der Waals surface area contributed by atoms with Crippen LogP contribution in [-0.2, 0) is 19.3 Å². The molecule has 3 aliphatic heterocycles. The molecule has 0 fully saturated rings. The van der Waals surface area contributed by atoms with E-state index in [9.17, 15) is 10.2 Å². The van der Waals surface area contributed by atoms with Crippen LogP contribution in [0.4, 0.5) is 0 Å². The van der Waals surface area contributed by atoms with Gasteiger partial charge in [-0.15, -0.1) is 0 Å². The maximum absolute atomic E-state index is 11.7. The van der Waals surface area contributed by atoms with Gasteiger partial charge in [0.1, 0.15) is 17.1 Å². The fourth-order valence-electron chi connectivity index (χ4n) is 7.04. The number of hydrogen-bond donors (Lipinski definition) is 3. The van der Waals surface area contributed by atoms with E-state index >= 15 is 0 Å². The number of nitrogens with zero attached hydrogens (tertiary/aromatic N) is 2. The molecule has 0 aliphatic carbocycles. The van der Waals surface area contributed by atoms with E-state index in [0.717, 1.165) is 33.6 Å². The van der Waals surface area contributed by atoms with Gasteiger partial charge in [-0.2, -0.15) is 0 Å². The van der Waals surface area contributed by atoms with E-state index in [1.165, 1.54) is 0 Å². The lowest BCUT2D eigenvalue weighted by Crippen LogP contribution is -2.51. The first kappa shape index (κ1) is 30.1. The van der Waals surface area contributed by atoms with Crippen molar-refractivity contribution in [2.75, 3.05) is 41.4 Å². The highest BCUT2D eigenvalue weighted by atomic mass is 16.5. The molecular formula is C31H47N3O6. The Morgan fingerprint density at radius 3 is 2.35 bits per heavy atom. The predicted molar refractivity (Wildman–Crippen MR) is 156 cm³/mol. The highest BCUT2D eigenvalue weighted by Gasteiger charge is 2.48. The van der Waals surface area contributed by atoms with E-state index in [4.69, 9.17) is 24.7 Å². The average Bonchev–Trinajstić information content (AvgIpc) is 3.09. The molecule has 2 aromatic carbocycles. The number of nitrogens with two attached hydrogens (primary N) is 1. The zero-order chi connectivity index (χ0) is 28.4. The summed E-state index contributed by atoms with van der Waals surface area (Å²) in [5.74, 6) is 2.69. The molecule has 4 N–H and O–H groups in total. The van der Waals surface area contributed by atoms with Gasteiger partial charge in [-0.1, -0.05) is 7.43 Å². The fraction of sp³-hybridized carbons (Fsp3) is 0.613. The molecule has 222 valence electrons. The smallest absolute Gasteiger partial charge is 0.169 e. The van der Waals surface area contributed by atoms with Crippen molar-refractivity contribution in [2.45, 2.75) is 84.2 Å². The van der Waals surface area contributed by atoms with Gasteiger partial charge in [-0.3, -0.25) is 4.90 Å². The van der Waals surface area contributed by atoms with Crippen LogP contribution in [0.5, 0.6) is 34.5 Å². The molecule has 0 radical (unpaired) electrons. The van der Waals surface area contributed by atoms with Gasteiger partial charge in [0.2, 0.25) is 0 Å². The number of phenols is 2.